The molecule has 4 rings (SSSR count). The number of hydrogen-bond acceptors (Lipinski definition) is 8. The van der Waals surface area contributed by atoms with Crippen molar-refractivity contribution >= 4 is 33.5 Å². The Balaban J connectivity index is 1.78. The summed E-state index contributed by atoms with van der Waals surface area (Å²) in [5.74, 6) is -0.295. The van der Waals surface area contributed by atoms with E-state index in [1.807, 2.05) is 47.7 Å². The predicted octanol–water partition coefficient (Wildman–Crippen LogP) is 6.12. The van der Waals surface area contributed by atoms with E-state index in [1.54, 1.807) is 32.1 Å². The molecule has 10 nitrogen and oxygen atoms in total. The Bertz CT molecular complexity index is 1170. The van der Waals surface area contributed by atoms with Gasteiger partial charge in [0, 0.05) is 39.5 Å². The molecule has 42 heavy (non-hydrogen) atoms. The summed E-state index contributed by atoms with van der Waals surface area (Å²) < 4.78 is 40.3. The third kappa shape index (κ3) is 9.05. The lowest BCUT2D eigenvalue weighted by Crippen LogP contribution is -2.58. The van der Waals surface area contributed by atoms with Gasteiger partial charge in [0.15, 0.2) is 0 Å². The molecular weight excluding hydrogens is 576 g/mol. The molecule has 12 heteroatoms. The summed E-state index contributed by atoms with van der Waals surface area (Å²) in [5.41, 5.74) is -0.880. The van der Waals surface area contributed by atoms with Crippen LogP contribution in [0.4, 0.5) is 9.59 Å². The van der Waals surface area contributed by atoms with Crippen molar-refractivity contribution in [3.63, 3.8) is 0 Å². The monoisotopic (exact) mass is 628 g/mol. The van der Waals surface area contributed by atoms with E-state index in [-0.39, 0.29) is 41.2 Å². The fraction of sp³-hybridized carbons (Fsp3) is 0.833. The number of alkyl carbamates (subject to hydrolysis) is 2. The van der Waals surface area contributed by atoms with E-state index in [4.69, 9.17) is 14.5 Å². The van der Waals surface area contributed by atoms with Crippen LogP contribution in [-0.2, 0) is 24.9 Å². The highest BCUT2D eigenvalue weighted by molar-refractivity contribution is 7.90. The van der Waals surface area contributed by atoms with Gasteiger partial charge >= 0.3 is 12.2 Å². The number of ether oxygens (including phenoxy) is 2. The lowest BCUT2D eigenvalue weighted by atomic mass is 9.57. The average molecular weight is 629 g/mol. The molecular formula is C30H52N4O6S2. The first-order chi connectivity index (χ1) is 19.4. The smallest absolute Gasteiger partial charge is 0.407 e. The van der Waals surface area contributed by atoms with E-state index in [2.05, 4.69) is 15.4 Å². The number of thiazole rings is 1. The maximum Gasteiger partial charge on any atom is 0.407 e. The Labute approximate surface area is 256 Å². The standard InChI is InChI=1S/C30H52N4O6S2/c1-19(2)39-26(35)32-21(5)10-11-23(22(6)42(37,38)34-28(7,8)9)24-18-31-25(41-24)29-12-15-30(16-13-29,17-14-29)33-27(36)40-20(3)4/h18-23,34H,10-17H2,1-9H3,(H,32,35)(H,33,36). The Morgan fingerprint density at radius 3 is 2.00 bits per heavy atom. The summed E-state index contributed by atoms with van der Waals surface area (Å²) in [6, 6.07) is -0.185. The molecule has 3 unspecified atom stereocenters. The van der Waals surface area contributed by atoms with Crippen LogP contribution >= 0.6 is 11.3 Å². The van der Waals surface area contributed by atoms with Crippen molar-refractivity contribution in [2.75, 3.05) is 0 Å². The molecule has 2 bridgehead atoms. The SMILES string of the molecule is CC(CCC(c1cnc(C23CCC(NC(=O)OC(C)C)(CC2)CC3)s1)C(C)S(=O)(=O)NC(C)(C)C)NC(=O)OC(C)C. The van der Waals surface area contributed by atoms with Crippen molar-refractivity contribution in [1.29, 1.82) is 0 Å². The molecule has 1 aromatic rings. The van der Waals surface area contributed by atoms with Gasteiger partial charge in [-0.1, -0.05) is 0 Å². The Morgan fingerprint density at radius 2 is 1.48 bits per heavy atom. The molecule has 3 atom stereocenters. The highest BCUT2D eigenvalue weighted by Crippen LogP contribution is 2.55. The maximum absolute atomic E-state index is 13.5. The number of aromatic nitrogens is 1. The normalized spacial score (nSPS) is 24.7. The maximum atomic E-state index is 13.5. The summed E-state index contributed by atoms with van der Waals surface area (Å²) in [6.07, 6.45) is 7.19. The summed E-state index contributed by atoms with van der Waals surface area (Å²) in [7, 11) is -3.64. The fourth-order valence-corrected chi connectivity index (χ4v) is 9.42. The van der Waals surface area contributed by atoms with Crippen molar-refractivity contribution in [2.45, 2.75) is 160 Å². The summed E-state index contributed by atoms with van der Waals surface area (Å²) >= 11 is 1.63. The van der Waals surface area contributed by atoms with Crippen LogP contribution in [0.25, 0.3) is 0 Å². The molecule has 1 aromatic heterocycles. The molecule has 240 valence electrons. The second kappa shape index (κ2) is 13.4. The van der Waals surface area contributed by atoms with E-state index in [9.17, 15) is 18.0 Å². The third-order valence-corrected chi connectivity index (χ3v) is 12.0. The molecule has 3 N–H and O–H groups in total. The summed E-state index contributed by atoms with van der Waals surface area (Å²) in [4.78, 5) is 30.3. The van der Waals surface area contributed by atoms with Crippen LogP contribution in [0, 0.1) is 0 Å². The number of carbonyl (C=O) groups is 2. The van der Waals surface area contributed by atoms with Crippen molar-refractivity contribution in [3.8, 4) is 0 Å². The molecule has 0 aliphatic heterocycles. The zero-order valence-electron chi connectivity index (χ0n) is 26.8. The fourth-order valence-electron chi connectivity index (χ4n) is 6.15. The van der Waals surface area contributed by atoms with E-state index in [0.29, 0.717) is 12.8 Å². The van der Waals surface area contributed by atoms with Crippen LogP contribution in [0.5, 0.6) is 0 Å². The van der Waals surface area contributed by atoms with Crippen molar-refractivity contribution < 1.29 is 27.5 Å². The number of nitrogens with one attached hydrogen (secondary N) is 3. The van der Waals surface area contributed by atoms with Crippen molar-refractivity contribution in [3.05, 3.63) is 16.1 Å². The minimum atomic E-state index is -3.64. The van der Waals surface area contributed by atoms with Crippen LogP contribution < -0.4 is 15.4 Å². The van der Waals surface area contributed by atoms with E-state index >= 15 is 0 Å². The molecule has 3 aliphatic carbocycles. The van der Waals surface area contributed by atoms with E-state index in [1.165, 1.54) is 0 Å². The van der Waals surface area contributed by atoms with Gasteiger partial charge in [-0.25, -0.2) is 27.7 Å². The zero-order valence-corrected chi connectivity index (χ0v) is 28.5. The molecule has 2 amide bonds. The topological polar surface area (TPSA) is 136 Å². The van der Waals surface area contributed by atoms with Gasteiger partial charge in [0.2, 0.25) is 10.0 Å². The van der Waals surface area contributed by atoms with Crippen molar-refractivity contribution in [1.82, 2.24) is 20.3 Å². The van der Waals surface area contributed by atoms with Gasteiger partial charge in [-0.3, -0.25) is 0 Å². The van der Waals surface area contributed by atoms with E-state index < -0.39 is 26.9 Å². The van der Waals surface area contributed by atoms with Crippen LogP contribution in [0.15, 0.2) is 6.20 Å². The minimum Gasteiger partial charge on any atom is -0.447 e. The third-order valence-electron chi connectivity index (χ3n) is 8.42. The first kappa shape index (κ1) is 34.6. The lowest BCUT2D eigenvalue weighted by molar-refractivity contribution is 0.0560. The second-order valence-electron chi connectivity index (χ2n) is 14.0. The Hall–Kier alpha value is -1.92. The first-order valence-corrected chi connectivity index (χ1v) is 17.7. The van der Waals surface area contributed by atoms with E-state index in [0.717, 1.165) is 48.4 Å². The number of amides is 2. The molecule has 0 saturated heterocycles. The number of rotatable bonds is 12. The van der Waals surface area contributed by atoms with Gasteiger partial charge < -0.3 is 20.1 Å². The minimum absolute atomic E-state index is 0.0555. The zero-order chi connectivity index (χ0) is 31.5. The summed E-state index contributed by atoms with van der Waals surface area (Å²) in [6.45, 7) is 16.5. The predicted molar refractivity (Wildman–Crippen MR) is 166 cm³/mol. The number of nitrogens with zero attached hydrogens (tertiary/aromatic N) is 1. The number of carbonyl (C=O) groups excluding carboxylic acids is 2. The number of sulfonamides is 1. The molecule has 0 spiro atoms. The van der Waals surface area contributed by atoms with Gasteiger partial charge in [-0.05, 0) is 114 Å². The molecule has 3 fully saturated rings. The highest BCUT2D eigenvalue weighted by Gasteiger charge is 2.52. The molecule has 3 aliphatic rings. The van der Waals surface area contributed by atoms with Gasteiger partial charge in [0.25, 0.3) is 0 Å². The molecule has 0 radical (unpaired) electrons. The average Bonchev–Trinajstić information content (AvgIpc) is 3.33. The van der Waals surface area contributed by atoms with Crippen LogP contribution in [-0.4, -0.2) is 60.2 Å². The highest BCUT2D eigenvalue weighted by atomic mass is 32.2. The van der Waals surface area contributed by atoms with Gasteiger partial charge in [-0.2, -0.15) is 0 Å². The molecule has 1 heterocycles. The Kier molecular flexibility index (Phi) is 11.0. The first-order valence-electron chi connectivity index (χ1n) is 15.3. The molecule has 0 aromatic carbocycles. The van der Waals surface area contributed by atoms with Crippen LogP contribution in [0.2, 0.25) is 0 Å². The quantitative estimate of drug-likeness (QED) is 0.254. The van der Waals surface area contributed by atoms with Gasteiger partial charge in [-0.15, -0.1) is 11.3 Å². The lowest BCUT2D eigenvalue weighted by Gasteiger charge is -2.52. The number of fused-ring (bicyclic) bond motifs is 3. The van der Waals surface area contributed by atoms with Gasteiger partial charge in [0.1, 0.15) is 0 Å². The van der Waals surface area contributed by atoms with Crippen LogP contribution in [0.1, 0.15) is 129 Å². The molecule has 3 saturated carbocycles. The summed E-state index contributed by atoms with van der Waals surface area (Å²) in [5, 5.41) is 6.38. The van der Waals surface area contributed by atoms with Crippen molar-refractivity contribution in [2.24, 2.45) is 0 Å². The number of hydrogen-bond donors (Lipinski definition) is 3. The second-order valence-corrected chi connectivity index (χ2v) is 17.1. The van der Waals surface area contributed by atoms with Crippen LogP contribution in [0.3, 0.4) is 0 Å². The largest absolute Gasteiger partial charge is 0.447 e. The van der Waals surface area contributed by atoms with Gasteiger partial charge in [0.05, 0.1) is 22.5 Å². The Morgan fingerprint density at radius 1 is 0.929 bits per heavy atom.